The Kier molecular flexibility index (Phi) is 2.77. The summed E-state index contributed by atoms with van der Waals surface area (Å²) in [4.78, 5) is 16.7. The van der Waals surface area contributed by atoms with Crippen molar-refractivity contribution in [3.05, 3.63) is 24.0 Å². The summed E-state index contributed by atoms with van der Waals surface area (Å²) in [7, 11) is 0. The number of hydrogen-bond donors (Lipinski definition) is 3. The van der Waals surface area contributed by atoms with E-state index in [1.807, 2.05) is 18.2 Å². The highest BCUT2D eigenvalue weighted by Gasteiger charge is 2.16. The maximum absolute atomic E-state index is 11.3. The maximum atomic E-state index is 11.3. The Morgan fingerprint density at radius 1 is 1.44 bits per heavy atom. The monoisotopic (exact) mass is 261 g/mol. The van der Waals surface area contributed by atoms with Gasteiger partial charge in [0.05, 0.1) is 18.0 Å². The van der Waals surface area contributed by atoms with Crippen LogP contribution in [-0.2, 0) is 11.3 Å². The van der Waals surface area contributed by atoms with Crippen molar-refractivity contribution in [2.24, 2.45) is 5.73 Å². The molecule has 0 saturated carbocycles. The second-order valence-electron chi connectivity index (χ2n) is 3.86. The minimum Gasteiger partial charge on any atom is -0.324 e. The Hall–Kier alpha value is -1.86. The summed E-state index contributed by atoms with van der Waals surface area (Å²) >= 11 is 1.53. The van der Waals surface area contributed by atoms with Crippen molar-refractivity contribution in [3.8, 4) is 11.4 Å². The Bertz CT molecular complexity index is 609. The van der Waals surface area contributed by atoms with E-state index in [4.69, 9.17) is 5.73 Å². The van der Waals surface area contributed by atoms with E-state index in [9.17, 15) is 4.79 Å². The van der Waals surface area contributed by atoms with Gasteiger partial charge in [-0.15, -0.1) is 11.8 Å². The van der Waals surface area contributed by atoms with E-state index in [1.165, 1.54) is 11.8 Å². The number of carbonyl (C=O) groups is 1. The van der Waals surface area contributed by atoms with Crippen LogP contribution in [0.15, 0.2) is 23.1 Å². The number of rotatable bonds is 2. The SMILES string of the molecule is NCc1nc(-c2ccc3c(c2)NC(=O)CS3)n[nH]1. The number of amides is 1. The molecule has 3 rings (SSSR count). The van der Waals surface area contributed by atoms with Crippen LogP contribution in [0, 0.1) is 0 Å². The molecule has 0 saturated heterocycles. The number of carbonyl (C=O) groups excluding carboxylic acids is 1. The molecule has 0 unspecified atom stereocenters. The van der Waals surface area contributed by atoms with E-state index in [0.717, 1.165) is 16.1 Å². The molecule has 1 aromatic heterocycles. The number of aromatic amines is 1. The zero-order valence-electron chi connectivity index (χ0n) is 9.43. The van der Waals surface area contributed by atoms with Gasteiger partial charge in [0.15, 0.2) is 5.82 Å². The lowest BCUT2D eigenvalue weighted by Crippen LogP contribution is -2.18. The molecule has 6 nitrogen and oxygen atoms in total. The van der Waals surface area contributed by atoms with Gasteiger partial charge in [-0.2, -0.15) is 5.10 Å². The first-order valence-corrected chi connectivity index (χ1v) is 6.43. The molecule has 1 aromatic carbocycles. The van der Waals surface area contributed by atoms with Crippen molar-refractivity contribution < 1.29 is 4.79 Å². The zero-order chi connectivity index (χ0) is 12.5. The maximum Gasteiger partial charge on any atom is 0.234 e. The summed E-state index contributed by atoms with van der Waals surface area (Å²) in [5, 5.41) is 9.69. The molecule has 0 spiro atoms. The number of benzene rings is 1. The van der Waals surface area contributed by atoms with Crippen LogP contribution in [0.5, 0.6) is 0 Å². The van der Waals surface area contributed by atoms with Crippen LogP contribution in [0.3, 0.4) is 0 Å². The third-order valence-corrected chi connectivity index (χ3v) is 3.67. The highest BCUT2D eigenvalue weighted by molar-refractivity contribution is 8.00. The fraction of sp³-hybridized carbons (Fsp3) is 0.182. The second-order valence-corrected chi connectivity index (χ2v) is 4.87. The molecule has 0 atom stereocenters. The Morgan fingerprint density at radius 2 is 2.33 bits per heavy atom. The van der Waals surface area contributed by atoms with E-state index >= 15 is 0 Å². The molecule has 18 heavy (non-hydrogen) atoms. The lowest BCUT2D eigenvalue weighted by atomic mass is 10.2. The summed E-state index contributed by atoms with van der Waals surface area (Å²) in [5.41, 5.74) is 7.14. The molecule has 0 fully saturated rings. The van der Waals surface area contributed by atoms with Crippen molar-refractivity contribution in [2.45, 2.75) is 11.4 Å². The van der Waals surface area contributed by atoms with Gasteiger partial charge in [-0.05, 0) is 18.2 Å². The first kappa shape index (κ1) is 11.2. The van der Waals surface area contributed by atoms with Gasteiger partial charge in [-0.3, -0.25) is 9.89 Å². The zero-order valence-corrected chi connectivity index (χ0v) is 10.3. The van der Waals surface area contributed by atoms with Crippen LogP contribution < -0.4 is 11.1 Å². The van der Waals surface area contributed by atoms with Gasteiger partial charge >= 0.3 is 0 Å². The lowest BCUT2D eigenvalue weighted by molar-refractivity contribution is -0.113. The highest BCUT2D eigenvalue weighted by atomic mass is 32.2. The van der Waals surface area contributed by atoms with Crippen molar-refractivity contribution in [1.29, 1.82) is 0 Å². The Balaban J connectivity index is 1.98. The first-order valence-electron chi connectivity index (χ1n) is 5.44. The van der Waals surface area contributed by atoms with E-state index in [-0.39, 0.29) is 5.91 Å². The van der Waals surface area contributed by atoms with Crippen LogP contribution in [0.25, 0.3) is 11.4 Å². The first-order chi connectivity index (χ1) is 8.76. The number of hydrogen-bond acceptors (Lipinski definition) is 5. The summed E-state index contributed by atoms with van der Waals surface area (Å²) in [5.74, 6) is 1.70. The van der Waals surface area contributed by atoms with Crippen molar-refractivity contribution in [1.82, 2.24) is 15.2 Å². The molecule has 1 aliphatic rings. The molecule has 0 bridgehead atoms. The van der Waals surface area contributed by atoms with Crippen LogP contribution in [0.2, 0.25) is 0 Å². The fourth-order valence-corrected chi connectivity index (χ4v) is 2.53. The largest absolute Gasteiger partial charge is 0.324 e. The molecule has 1 aliphatic heterocycles. The quantitative estimate of drug-likeness (QED) is 0.748. The predicted octanol–water partition coefficient (Wildman–Crippen LogP) is 0.975. The van der Waals surface area contributed by atoms with Gasteiger partial charge in [0.25, 0.3) is 0 Å². The van der Waals surface area contributed by atoms with Gasteiger partial charge in [-0.1, -0.05) is 0 Å². The summed E-state index contributed by atoms with van der Waals surface area (Å²) in [6.45, 7) is 0.324. The van der Waals surface area contributed by atoms with Gasteiger partial charge in [0.1, 0.15) is 5.82 Å². The summed E-state index contributed by atoms with van der Waals surface area (Å²) in [6, 6.07) is 5.78. The molecule has 2 aromatic rings. The lowest BCUT2D eigenvalue weighted by Gasteiger charge is -2.16. The second kappa shape index (κ2) is 4.43. The summed E-state index contributed by atoms with van der Waals surface area (Å²) < 4.78 is 0. The van der Waals surface area contributed by atoms with Crippen LogP contribution >= 0.6 is 11.8 Å². The number of aromatic nitrogens is 3. The number of nitrogens with two attached hydrogens (primary N) is 1. The molecular formula is C11H11N5OS. The molecule has 1 amide bonds. The Morgan fingerprint density at radius 3 is 3.11 bits per heavy atom. The smallest absolute Gasteiger partial charge is 0.234 e. The van der Waals surface area contributed by atoms with Gasteiger partial charge in [0.2, 0.25) is 5.91 Å². The molecule has 7 heteroatoms. The minimum absolute atomic E-state index is 0.0160. The van der Waals surface area contributed by atoms with Crippen molar-refractivity contribution in [3.63, 3.8) is 0 Å². The highest BCUT2D eigenvalue weighted by Crippen LogP contribution is 2.33. The average molecular weight is 261 g/mol. The summed E-state index contributed by atoms with van der Waals surface area (Å²) in [6.07, 6.45) is 0. The standard InChI is InChI=1S/C11H11N5OS/c12-4-9-14-11(16-15-9)6-1-2-8-7(3-6)13-10(17)5-18-8/h1-3H,4-5,12H2,(H,13,17)(H,14,15,16). The topological polar surface area (TPSA) is 96.7 Å². The number of nitrogens with zero attached hydrogens (tertiary/aromatic N) is 2. The molecule has 4 N–H and O–H groups in total. The Labute approximate surface area is 107 Å². The molecule has 2 heterocycles. The van der Waals surface area contributed by atoms with E-state index in [1.54, 1.807) is 0 Å². The van der Waals surface area contributed by atoms with Gasteiger partial charge in [0, 0.05) is 10.5 Å². The number of thioether (sulfide) groups is 1. The van der Waals surface area contributed by atoms with Crippen LogP contribution in [-0.4, -0.2) is 26.8 Å². The van der Waals surface area contributed by atoms with Crippen molar-refractivity contribution >= 4 is 23.4 Å². The molecule has 0 radical (unpaired) electrons. The average Bonchev–Trinajstić information content (AvgIpc) is 2.86. The number of anilines is 1. The van der Waals surface area contributed by atoms with Gasteiger partial charge in [-0.25, -0.2) is 4.98 Å². The van der Waals surface area contributed by atoms with E-state index in [2.05, 4.69) is 20.5 Å². The molecule has 0 aliphatic carbocycles. The fourth-order valence-electron chi connectivity index (χ4n) is 1.74. The van der Waals surface area contributed by atoms with E-state index in [0.29, 0.717) is 23.9 Å². The third kappa shape index (κ3) is 1.98. The van der Waals surface area contributed by atoms with Crippen molar-refractivity contribution in [2.75, 3.05) is 11.1 Å². The third-order valence-electron chi connectivity index (χ3n) is 2.60. The predicted molar refractivity (Wildman–Crippen MR) is 69.1 cm³/mol. The molecule has 92 valence electrons. The van der Waals surface area contributed by atoms with Crippen LogP contribution in [0.4, 0.5) is 5.69 Å². The van der Waals surface area contributed by atoms with Gasteiger partial charge < -0.3 is 11.1 Å². The normalized spacial score (nSPS) is 14.2. The van der Waals surface area contributed by atoms with Crippen LogP contribution in [0.1, 0.15) is 5.82 Å². The number of nitrogens with one attached hydrogen (secondary N) is 2. The van der Waals surface area contributed by atoms with E-state index < -0.39 is 0 Å². The minimum atomic E-state index is 0.0160. The number of fused-ring (bicyclic) bond motifs is 1. The number of H-pyrrole nitrogens is 1. The molecular weight excluding hydrogens is 250 g/mol.